The average Bonchev–Trinajstić information content (AvgIpc) is 2.52. The second-order valence-corrected chi connectivity index (χ2v) is 6.27. The Bertz CT molecular complexity index is 589. The quantitative estimate of drug-likeness (QED) is 0.869. The highest BCUT2D eigenvalue weighted by Crippen LogP contribution is 2.50. The van der Waals surface area contributed by atoms with Crippen LogP contribution < -0.4 is 5.32 Å². The summed E-state index contributed by atoms with van der Waals surface area (Å²) < 4.78 is 5.60. The number of nitrogens with zero attached hydrogens (tertiary/aromatic N) is 1. The third-order valence-electron chi connectivity index (χ3n) is 4.71. The normalized spacial score (nSPS) is 25.9. The maximum Gasteiger partial charge on any atom is 0.251 e. The van der Waals surface area contributed by atoms with Crippen LogP contribution in [0, 0.1) is 16.7 Å². The van der Waals surface area contributed by atoms with Crippen molar-refractivity contribution >= 4 is 5.91 Å². The average molecular weight is 302 g/mol. The molecule has 0 heterocycles. The smallest absolute Gasteiger partial charge is 0.251 e. The molecule has 1 amide bonds. The summed E-state index contributed by atoms with van der Waals surface area (Å²) >= 11 is 0. The van der Waals surface area contributed by atoms with Gasteiger partial charge in [0.15, 0.2) is 0 Å². The molecule has 5 heteroatoms. The summed E-state index contributed by atoms with van der Waals surface area (Å²) in [5.74, 6) is -0.256. The Labute approximate surface area is 130 Å². The number of carbonyl (C=O) groups is 1. The highest BCUT2D eigenvalue weighted by Gasteiger charge is 2.59. The minimum Gasteiger partial charge on any atom is -0.387 e. The zero-order valence-corrected chi connectivity index (χ0v) is 13.2. The number of rotatable bonds is 5. The van der Waals surface area contributed by atoms with E-state index in [0.29, 0.717) is 24.2 Å². The first-order chi connectivity index (χ1) is 10.3. The minimum atomic E-state index is -0.963. The van der Waals surface area contributed by atoms with E-state index in [1.807, 2.05) is 26.8 Å². The molecule has 1 aliphatic rings. The first-order valence-electron chi connectivity index (χ1n) is 7.46. The van der Waals surface area contributed by atoms with Gasteiger partial charge in [-0.2, -0.15) is 5.26 Å². The number of nitriles is 1. The van der Waals surface area contributed by atoms with Crippen molar-refractivity contribution in [3.8, 4) is 6.07 Å². The Hall–Kier alpha value is -1.90. The van der Waals surface area contributed by atoms with Crippen molar-refractivity contribution in [1.29, 1.82) is 5.26 Å². The number of nitrogens with one attached hydrogen (secondary N) is 1. The maximum absolute atomic E-state index is 12.1. The van der Waals surface area contributed by atoms with Crippen molar-refractivity contribution < 1.29 is 14.6 Å². The fraction of sp³-hybridized carbons (Fsp3) is 0.529. The van der Waals surface area contributed by atoms with Crippen LogP contribution in [0.15, 0.2) is 24.3 Å². The Kier molecular flexibility index (Phi) is 4.55. The molecule has 0 radical (unpaired) electrons. The molecule has 5 nitrogen and oxygen atoms in total. The van der Waals surface area contributed by atoms with Crippen LogP contribution in [0.25, 0.3) is 0 Å². The molecular formula is C17H22N2O3. The molecule has 2 rings (SSSR count). The fourth-order valence-corrected chi connectivity index (χ4v) is 2.79. The van der Waals surface area contributed by atoms with Crippen molar-refractivity contribution in [2.45, 2.75) is 38.9 Å². The van der Waals surface area contributed by atoms with Gasteiger partial charge in [0.2, 0.25) is 0 Å². The molecule has 22 heavy (non-hydrogen) atoms. The van der Waals surface area contributed by atoms with Gasteiger partial charge in [-0.15, -0.1) is 0 Å². The zero-order chi connectivity index (χ0) is 16.4. The molecule has 2 atom stereocenters. The lowest BCUT2D eigenvalue weighted by atomic mass is 9.56. The monoisotopic (exact) mass is 302 g/mol. The highest BCUT2D eigenvalue weighted by atomic mass is 16.5. The van der Waals surface area contributed by atoms with Crippen LogP contribution in [0.3, 0.4) is 0 Å². The molecule has 1 aromatic rings. The number of hydrogen-bond donors (Lipinski definition) is 2. The van der Waals surface area contributed by atoms with Crippen LogP contribution in [0.1, 0.15) is 43.1 Å². The maximum atomic E-state index is 12.1. The molecule has 118 valence electrons. The van der Waals surface area contributed by atoms with E-state index in [0.717, 1.165) is 0 Å². The number of amides is 1. The lowest BCUT2D eigenvalue weighted by molar-refractivity contribution is -0.237. The summed E-state index contributed by atoms with van der Waals surface area (Å²) in [7, 11) is 0. The van der Waals surface area contributed by atoms with Crippen molar-refractivity contribution in [3.05, 3.63) is 35.4 Å². The van der Waals surface area contributed by atoms with Gasteiger partial charge in [-0.3, -0.25) is 4.79 Å². The van der Waals surface area contributed by atoms with Gasteiger partial charge < -0.3 is 15.2 Å². The van der Waals surface area contributed by atoms with Crippen molar-refractivity contribution in [1.82, 2.24) is 5.32 Å². The van der Waals surface area contributed by atoms with Gasteiger partial charge in [-0.25, -0.2) is 0 Å². The number of hydrogen-bond acceptors (Lipinski definition) is 4. The highest BCUT2D eigenvalue weighted by molar-refractivity contribution is 5.94. The van der Waals surface area contributed by atoms with Crippen LogP contribution in [0.2, 0.25) is 0 Å². The molecule has 2 unspecified atom stereocenters. The predicted molar refractivity (Wildman–Crippen MR) is 82.3 cm³/mol. The summed E-state index contributed by atoms with van der Waals surface area (Å²) in [5.41, 5.74) is -0.383. The van der Waals surface area contributed by atoms with E-state index in [2.05, 4.69) is 5.32 Å². The van der Waals surface area contributed by atoms with Crippen LogP contribution >= 0.6 is 0 Å². The van der Waals surface area contributed by atoms with Gasteiger partial charge in [-0.1, -0.05) is 13.8 Å². The summed E-state index contributed by atoms with van der Waals surface area (Å²) in [6.45, 7) is 6.62. The first kappa shape index (κ1) is 16.5. The van der Waals surface area contributed by atoms with Gasteiger partial charge in [0.05, 0.1) is 23.3 Å². The van der Waals surface area contributed by atoms with E-state index in [1.165, 1.54) is 0 Å². The molecule has 1 aromatic carbocycles. The van der Waals surface area contributed by atoms with Crippen LogP contribution in [0.4, 0.5) is 0 Å². The first-order valence-corrected chi connectivity index (χ1v) is 7.46. The van der Waals surface area contributed by atoms with Gasteiger partial charge in [0, 0.05) is 30.6 Å². The number of carbonyl (C=O) groups excluding carboxylic acids is 1. The van der Waals surface area contributed by atoms with Gasteiger partial charge >= 0.3 is 0 Å². The molecule has 1 saturated carbocycles. The van der Waals surface area contributed by atoms with E-state index >= 15 is 0 Å². The van der Waals surface area contributed by atoms with Crippen LogP contribution in [-0.2, 0) is 4.74 Å². The molecular weight excluding hydrogens is 280 g/mol. The third kappa shape index (κ3) is 2.85. The largest absolute Gasteiger partial charge is 0.387 e. The minimum absolute atomic E-state index is 0.00862. The topological polar surface area (TPSA) is 82.3 Å². The van der Waals surface area contributed by atoms with Crippen molar-refractivity contribution in [2.75, 3.05) is 13.2 Å². The summed E-state index contributed by atoms with van der Waals surface area (Å²) in [5, 5.41) is 22.2. The van der Waals surface area contributed by atoms with Gasteiger partial charge in [-0.05, 0) is 31.2 Å². The lowest BCUT2D eigenvalue weighted by Gasteiger charge is -2.57. The fourth-order valence-electron chi connectivity index (χ4n) is 2.79. The summed E-state index contributed by atoms with van der Waals surface area (Å²) in [4.78, 5) is 12.1. The Balaban J connectivity index is 1.95. The molecule has 1 aliphatic carbocycles. The van der Waals surface area contributed by atoms with E-state index in [9.17, 15) is 9.90 Å². The van der Waals surface area contributed by atoms with Crippen LogP contribution in [0.5, 0.6) is 0 Å². The Morgan fingerprint density at radius 2 is 2.09 bits per heavy atom. The van der Waals surface area contributed by atoms with E-state index in [4.69, 9.17) is 10.00 Å². The van der Waals surface area contributed by atoms with E-state index in [-0.39, 0.29) is 18.6 Å². The van der Waals surface area contributed by atoms with Gasteiger partial charge in [0.1, 0.15) is 0 Å². The lowest BCUT2D eigenvalue weighted by Crippen LogP contribution is -2.68. The molecule has 1 fully saturated rings. The second-order valence-electron chi connectivity index (χ2n) is 6.27. The van der Waals surface area contributed by atoms with Crippen molar-refractivity contribution in [3.63, 3.8) is 0 Å². The number of ether oxygens (including phenoxy) is 1. The van der Waals surface area contributed by atoms with Gasteiger partial charge in [0.25, 0.3) is 5.91 Å². The molecule has 0 aromatic heterocycles. The predicted octanol–water partition coefficient (Wildman–Crippen LogP) is 1.85. The standard InChI is InChI=1S/C17H22N2O3/c1-4-22-14-9-17(21,16(14,2)3)11-19-15(20)13-7-5-12(10-18)6-8-13/h5-8,14,21H,4,9,11H2,1-3H3,(H,19,20). The summed E-state index contributed by atoms with van der Waals surface area (Å²) in [6, 6.07) is 8.42. The second kappa shape index (κ2) is 6.07. The molecule has 0 aliphatic heterocycles. The van der Waals surface area contributed by atoms with E-state index in [1.54, 1.807) is 24.3 Å². The zero-order valence-electron chi connectivity index (χ0n) is 13.2. The number of aliphatic hydroxyl groups is 1. The molecule has 0 saturated heterocycles. The Morgan fingerprint density at radius 3 is 2.59 bits per heavy atom. The SMILES string of the molecule is CCOC1CC(O)(CNC(=O)c2ccc(C#N)cc2)C1(C)C. The number of benzene rings is 1. The van der Waals surface area contributed by atoms with Crippen LogP contribution in [-0.4, -0.2) is 35.9 Å². The molecule has 0 spiro atoms. The summed E-state index contributed by atoms with van der Waals surface area (Å²) in [6.07, 6.45) is 0.524. The molecule has 2 N–H and O–H groups in total. The van der Waals surface area contributed by atoms with Crippen molar-refractivity contribution in [2.24, 2.45) is 5.41 Å². The Morgan fingerprint density at radius 1 is 1.45 bits per heavy atom. The molecule has 0 bridgehead atoms. The third-order valence-corrected chi connectivity index (χ3v) is 4.71. The van der Waals surface area contributed by atoms with E-state index < -0.39 is 11.0 Å².